The molecule has 3 atom stereocenters. The highest BCUT2D eigenvalue weighted by molar-refractivity contribution is 6.21. The van der Waals surface area contributed by atoms with Crippen molar-refractivity contribution in [2.75, 3.05) is 13.1 Å². The lowest BCUT2D eigenvalue weighted by Gasteiger charge is -2.42. The molecule has 0 spiro atoms. The molecule has 3 aliphatic rings. The molecule has 5 rings (SSSR count). The van der Waals surface area contributed by atoms with Gasteiger partial charge in [-0.15, -0.1) is 0 Å². The SMILES string of the molecule is O=C(O)[C@H]1CCCC[C@H]1C(=O)N1CCc2ccccc2C1CN1C(=O)c2ccc([N+](=O)[O-])cc2C1=O. The number of fused-ring (bicyclic) bond motifs is 2. The first-order chi connectivity index (χ1) is 17.3. The molecule has 10 nitrogen and oxygen atoms in total. The second-order valence-corrected chi connectivity index (χ2v) is 9.54. The fourth-order valence-corrected chi connectivity index (χ4v) is 5.78. The number of aliphatic carboxylic acids is 1. The lowest BCUT2D eigenvalue weighted by atomic mass is 9.77. The summed E-state index contributed by atoms with van der Waals surface area (Å²) in [7, 11) is 0. The number of nitro benzene ring substituents is 1. The zero-order valence-corrected chi connectivity index (χ0v) is 19.5. The first kappa shape index (κ1) is 23.7. The Morgan fingerprint density at radius 2 is 1.69 bits per heavy atom. The first-order valence-corrected chi connectivity index (χ1v) is 12.0. The van der Waals surface area contributed by atoms with Gasteiger partial charge in [-0.05, 0) is 36.5 Å². The molecular formula is C26H25N3O7. The number of imide groups is 1. The minimum atomic E-state index is -0.982. The van der Waals surface area contributed by atoms with E-state index < -0.39 is 40.6 Å². The maximum Gasteiger partial charge on any atom is 0.307 e. The van der Waals surface area contributed by atoms with Crippen LogP contribution >= 0.6 is 0 Å². The summed E-state index contributed by atoms with van der Waals surface area (Å²) in [4.78, 5) is 65.2. The standard InChI is InChI=1S/C26H25N3O7/c30-23(18-7-3-4-8-20(18)26(33)34)27-12-11-15-5-1-2-6-17(15)22(27)14-28-24(31)19-10-9-16(29(35)36)13-21(19)25(28)32/h1-2,5-6,9-10,13,18,20,22H,3-4,7-8,11-12,14H2,(H,33,34)/t18-,20+,22?/m1/s1. The van der Waals surface area contributed by atoms with E-state index in [1.165, 1.54) is 12.1 Å². The van der Waals surface area contributed by atoms with Gasteiger partial charge in [-0.3, -0.25) is 34.2 Å². The van der Waals surface area contributed by atoms with Gasteiger partial charge in [-0.1, -0.05) is 37.1 Å². The van der Waals surface area contributed by atoms with Crippen molar-refractivity contribution in [3.8, 4) is 0 Å². The highest BCUT2D eigenvalue weighted by Gasteiger charge is 2.44. The third kappa shape index (κ3) is 3.92. The van der Waals surface area contributed by atoms with E-state index in [2.05, 4.69) is 0 Å². The van der Waals surface area contributed by atoms with Crippen LogP contribution in [0.2, 0.25) is 0 Å². The molecule has 0 saturated heterocycles. The number of carbonyl (C=O) groups excluding carboxylic acids is 3. The maximum absolute atomic E-state index is 13.8. The predicted molar refractivity (Wildman–Crippen MR) is 126 cm³/mol. The average molecular weight is 492 g/mol. The Bertz CT molecular complexity index is 1290. The van der Waals surface area contributed by atoms with E-state index in [9.17, 15) is 34.4 Å². The van der Waals surface area contributed by atoms with Crippen LogP contribution in [0.4, 0.5) is 5.69 Å². The van der Waals surface area contributed by atoms with Gasteiger partial charge in [0.1, 0.15) is 0 Å². The zero-order chi connectivity index (χ0) is 25.6. The van der Waals surface area contributed by atoms with Gasteiger partial charge in [0, 0.05) is 18.7 Å². The molecule has 2 aromatic carbocycles. The molecule has 186 valence electrons. The molecule has 0 aromatic heterocycles. The number of hydrogen-bond donors (Lipinski definition) is 1. The molecule has 0 bridgehead atoms. The summed E-state index contributed by atoms with van der Waals surface area (Å²) < 4.78 is 0. The van der Waals surface area contributed by atoms with E-state index in [0.29, 0.717) is 25.8 Å². The van der Waals surface area contributed by atoms with Gasteiger partial charge in [0.05, 0.1) is 40.5 Å². The van der Waals surface area contributed by atoms with Gasteiger partial charge < -0.3 is 10.0 Å². The van der Waals surface area contributed by atoms with Gasteiger partial charge in [-0.2, -0.15) is 0 Å². The maximum atomic E-state index is 13.8. The fraction of sp³-hybridized carbons (Fsp3) is 0.385. The zero-order valence-electron chi connectivity index (χ0n) is 19.5. The monoisotopic (exact) mass is 491 g/mol. The number of nitro groups is 1. The molecule has 2 aliphatic heterocycles. The van der Waals surface area contributed by atoms with Crippen LogP contribution in [0.1, 0.15) is 63.6 Å². The normalized spacial score (nSPS) is 23.3. The van der Waals surface area contributed by atoms with Gasteiger partial charge in [0.2, 0.25) is 5.91 Å². The smallest absolute Gasteiger partial charge is 0.307 e. The Balaban J connectivity index is 1.48. The summed E-state index contributed by atoms with van der Waals surface area (Å²) in [6, 6.07) is 10.4. The lowest BCUT2D eigenvalue weighted by Crippen LogP contribution is -2.50. The number of hydrogen-bond acceptors (Lipinski definition) is 6. The Hall–Kier alpha value is -4.08. The van der Waals surface area contributed by atoms with Crippen LogP contribution in [-0.2, 0) is 16.0 Å². The summed E-state index contributed by atoms with van der Waals surface area (Å²) in [5.41, 5.74) is 1.58. The third-order valence-electron chi connectivity index (χ3n) is 7.62. The number of benzene rings is 2. The predicted octanol–water partition coefficient (Wildman–Crippen LogP) is 3.21. The molecule has 3 amide bonds. The molecule has 0 radical (unpaired) electrons. The van der Waals surface area contributed by atoms with Crippen molar-refractivity contribution in [3.63, 3.8) is 0 Å². The topological polar surface area (TPSA) is 138 Å². The van der Waals surface area contributed by atoms with Crippen LogP contribution < -0.4 is 0 Å². The number of carboxylic acids is 1. The minimum absolute atomic E-state index is 0.0330. The Morgan fingerprint density at radius 3 is 2.42 bits per heavy atom. The van der Waals surface area contributed by atoms with Crippen molar-refractivity contribution in [1.82, 2.24) is 9.80 Å². The summed E-state index contributed by atoms with van der Waals surface area (Å²) in [6.07, 6.45) is 3.03. The van der Waals surface area contributed by atoms with Crippen LogP contribution in [0, 0.1) is 22.0 Å². The molecule has 1 N–H and O–H groups in total. The molecule has 10 heteroatoms. The lowest BCUT2D eigenvalue weighted by molar-refractivity contribution is -0.384. The summed E-state index contributed by atoms with van der Waals surface area (Å²) in [6.45, 7) is 0.228. The number of nitrogens with zero attached hydrogens (tertiary/aromatic N) is 3. The van der Waals surface area contributed by atoms with Crippen molar-refractivity contribution in [1.29, 1.82) is 0 Å². The number of non-ortho nitro benzene ring substituents is 1. The third-order valence-corrected chi connectivity index (χ3v) is 7.62. The second-order valence-electron chi connectivity index (χ2n) is 9.54. The highest BCUT2D eigenvalue weighted by atomic mass is 16.6. The van der Waals surface area contributed by atoms with Gasteiger partial charge >= 0.3 is 5.97 Å². The highest BCUT2D eigenvalue weighted by Crippen LogP contribution is 2.38. The van der Waals surface area contributed by atoms with Crippen LogP contribution in [-0.4, -0.2) is 56.6 Å². The quantitative estimate of drug-likeness (QED) is 0.385. The Labute approximate surface area is 206 Å². The van der Waals surface area contributed by atoms with E-state index in [-0.39, 0.29) is 29.3 Å². The number of carboxylic acid groups (broad SMARTS) is 1. The fourth-order valence-electron chi connectivity index (χ4n) is 5.78. The molecule has 1 saturated carbocycles. The van der Waals surface area contributed by atoms with Crippen molar-refractivity contribution in [2.24, 2.45) is 11.8 Å². The number of rotatable bonds is 5. The average Bonchev–Trinajstić information content (AvgIpc) is 3.12. The van der Waals surface area contributed by atoms with E-state index in [0.717, 1.165) is 34.9 Å². The molecule has 36 heavy (non-hydrogen) atoms. The summed E-state index contributed by atoms with van der Waals surface area (Å²) >= 11 is 0. The molecule has 2 heterocycles. The number of carbonyl (C=O) groups is 4. The molecule has 2 aromatic rings. The molecular weight excluding hydrogens is 466 g/mol. The summed E-state index contributed by atoms with van der Waals surface area (Å²) in [5, 5.41) is 20.9. The molecule has 1 fully saturated rings. The van der Waals surface area contributed by atoms with E-state index in [4.69, 9.17) is 0 Å². The van der Waals surface area contributed by atoms with Crippen molar-refractivity contribution < 1.29 is 29.2 Å². The van der Waals surface area contributed by atoms with E-state index in [1.54, 1.807) is 4.90 Å². The Morgan fingerprint density at radius 1 is 1.00 bits per heavy atom. The van der Waals surface area contributed by atoms with Gasteiger partial charge in [0.25, 0.3) is 17.5 Å². The molecule has 1 aliphatic carbocycles. The molecule has 1 unspecified atom stereocenters. The van der Waals surface area contributed by atoms with Crippen LogP contribution in [0.5, 0.6) is 0 Å². The van der Waals surface area contributed by atoms with Crippen LogP contribution in [0.15, 0.2) is 42.5 Å². The van der Waals surface area contributed by atoms with E-state index >= 15 is 0 Å². The van der Waals surface area contributed by atoms with Crippen molar-refractivity contribution in [2.45, 2.75) is 38.1 Å². The number of amides is 3. The van der Waals surface area contributed by atoms with Crippen molar-refractivity contribution in [3.05, 3.63) is 74.8 Å². The largest absolute Gasteiger partial charge is 0.481 e. The van der Waals surface area contributed by atoms with Crippen molar-refractivity contribution >= 4 is 29.4 Å². The summed E-state index contributed by atoms with van der Waals surface area (Å²) in [5.74, 6) is -3.88. The van der Waals surface area contributed by atoms with Gasteiger partial charge in [0.15, 0.2) is 0 Å². The van der Waals surface area contributed by atoms with Gasteiger partial charge in [-0.25, -0.2) is 0 Å². The van der Waals surface area contributed by atoms with Crippen LogP contribution in [0.3, 0.4) is 0 Å². The first-order valence-electron chi connectivity index (χ1n) is 12.0. The Kier molecular flexibility index (Phi) is 6.03. The van der Waals surface area contributed by atoms with E-state index in [1.807, 2.05) is 24.3 Å². The second kappa shape index (κ2) is 9.18. The van der Waals surface area contributed by atoms with Crippen LogP contribution in [0.25, 0.3) is 0 Å². The minimum Gasteiger partial charge on any atom is -0.481 e.